The second kappa shape index (κ2) is 7.69. The molecular weight excluding hydrogens is 358 g/mol. The van der Waals surface area contributed by atoms with Gasteiger partial charge in [-0.1, -0.05) is 26.0 Å². The molecule has 0 amide bonds. The van der Waals surface area contributed by atoms with Gasteiger partial charge in [-0.3, -0.25) is 0 Å². The second-order valence-corrected chi connectivity index (χ2v) is 9.10. The highest BCUT2D eigenvalue weighted by Gasteiger charge is 2.46. The molecule has 1 aromatic carbocycles. The van der Waals surface area contributed by atoms with Gasteiger partial charge < -0.3 is 15.5 Å². The number of rotatable bonds is 5. The minimum Gasteiger partial charge on any atom is -0.325 e. The summed E-state index contributed by atoms with van der Waals surface area (Å²) >= 11 is 0. The molecule has 2 aromatic rings. The molecule has 1 spiro atoms. The maximum Gasteiger partial charge on any atom is 0.140 e. The third-order valence-electron chi connectivity index (χ3n) is 7.22. The fourth-order valence-corrected chi connectivity index (χ4v) is 5.78. The predicted molar refractivity (Wildman–Crippen MR) is 118 cm³/mol. The molecule has 1 aliphatic carbocycles. The first kappa shape index (κ1) is 19.0. The third kappa shape index (κ3) is 3.15. The molecule has 2 N–H and O–H groups in total. The summed E-state index contributed by atoms with van der Waals surface area (Å²) in [5.74, 6) is 1.71. The summed E-state index contributed by atoms with van der Waals surface area (Å²) in [6.07, 6.45) is 7.63. The molecule has 154 valence electrons. The Morgan fingerprint density at radius 1 is 1.24 bits per heavy atom. The molecule has 3 heterocycles. The quantitative estimate of drug-likeness (QED) is 0.760. The molecular formula is C24H33N5. The Morgan fingerprint density at radius 3 is 2.93 bits per heavy atom. The topological polar surface area (TPSA) is 53.1 Å². The summed E-state index contributed by atoms with van der Waals surface area (Å²) in [6.45, 7) is 9.84. The van der Waals surface area contributed by atoms with Gasteiger partial charge in [0, 0.05) is 35.4 Å². The Morgan fingerprint density at radius 2 is 2.10 bits per heavy atom. The standard InChI is InChI=1S/C24H33N5/c1-3-11-26-14-18-5-4-6-20-22(18)24(9-12-25-13-10-24)15-29(20)23-21-17(2)7-8-19(21)27-16-28-23/h4-6,16-17,25-26H,3,7-15H2,1-2H3/t17-/m1/s1. The number of nitrogens with zero attached hydrogens (tertiary/aromatic N) is 3. The van der Waals surface area contributed by atoms with Crippen LogP contribution in [0, 0.1) is 0 Å². The highest BCUT2D eigenvalue weighted by molar-refractivity contribution is 5.75. The van der Waals surface area contributed by atoms with Crippen LogP contribution in [0.5, 0.6) is 0 Å². The molecule has 1 aromatic heterocycles. The van der Waals surface area contributed by atoms with Crippen molar-refractivity contribution in [2.75, 3.05) is 31.1 Å². The summed E-state index contributed by atoms with van der Waals surface area (Å²) in [5.41, 5.74) is 7.30. The molecule has 5 rings (SSSR count). The minimum absolute atomic E-state index is 0.227. The molecule has 1 fully saturated rings. The van der Waals surface area contributed by atoms with E-state index in [0.29, 0.717) is 5.92 Å². The monoisotopic (exact) mass is 391 g/mol. The van der Waals surface area contributed by atoms with Gasteiger partial charge in [0.1, 0.15) is 12.1 Å². The molecule has 29 heavy (non-hydrogen) atoms. The van der Waals surface area contributed by atoms with Crippen LogP contribution in [0.4, 0.5) is 11.5 Å². The number of piperidine rings is 1. The van der Waals surface area contributed by atoms with Crippen molar-refractivity contribution < 1.29 is 0 Å². The van der Waals surface area contributed by atoms with Crippen molar-refractivity contribution >= 4 is 11.5 Å². The third-order valence-corrected chi connectivity index (χ3v) is 7.22. The number of fused-ring (bicyclic) bond motifs is 3. The Bertz CT molecular complexity index is 887. The van der Waals surface area contributed by atoms with Crippen LogP contribution >= 0.6 is 0 Å². The van der Waals surface area contributed by atoms with Crippen LogP contribution in [0.3, 0.4) is 0 Å². The SMILES string of the molecule is CCCNCc1cccc2c1C1(CCNCC1)CN2c1ncnc2c1[C@H](C)CC2. The average Bonchev–Trinajstić information content (AvgIpc) is 3.28. The van der Waals surface area contributed by atoms with E-state index in [0.717, 1.165) is 45.0 Å². The normalized spacial score (nSPS) is 22.1. The highest BCUT2D eigenvalue weighted by Crippen LogP contribution is 2.51. The first-order valence-electron chi connectivity index (χ1n) is 11.4. The predicted octanol–water partition coefficient (Wildman–Crippen LogP) is 3.80. The molecule has 3 aliphatic rings. The maximum absolute atomic E-state index is 4.85. The Balaban J connectivity index is 1.61. The van der Waals surface area contributed by atoms with E-state index >= 15 is 0 Å². The van der Waals surface area contributed by atoms with Gasteiger partial charge in [-0.2, -0.15) is 0 Å². The molecule has 5 nitrogen and oxygen atoms in total. The average molecular weight is 392 g/mol. The number of hydrogen-bond acceptors (Lipinski definition) is 5. The van der Waals surface area contributed by atoms with Crippen molar-refractivity contribution in [3.8, 4) is 0 Å². The molecule has 0 bridgehead atoms. The van der Waals surface area contributed by atoms with Crippen LogP contribution in [-0.2, 0) is 18.4 Å². The van der Waals surface area contributed by atoms with E-state index in [1.807, 2.05) is 0 Å². The molecule has 5 heteroatoms. The van der Waals surface area contributed by atoms with E-state index in [1.54, 1.807) is 11.9 Å². The molecule has 2 aliphatic heterocycles. The number of aromatic nitrogens is 2. The molecule has 1 atom stereocenters. The fraction of sp³-hybridized carbons (Fsp3) is 0.583. The van der Waals surface area contributed by atoms with Gasteiger partial charge >= 0.3 is 0 Å². The number of benzene rings is 1. The first-order valence-corrected chi connectivity index (χ1v) is 11.4. The molecule has 1 saturated heterocycles. The van der Waals surface area contributed by atoms with Crippen LogP contribution < -0.4 is 15.5 Å². The van der Waals surface area contributed by atoms with Crippen molar-refractivity contribution in [3.63, 3.8) is 0 Å². The van der Waals surface area contributed by atoms with Crippen LogP contribution in [0.25, 0.3) is 0 Å². The van der Waals surface area contributed by atoms with Crippen molar-refractivity contribution in [2.45, 2.75) is 63.8 Å². The lowest BCUT2D eigenvalue weighted by Gasteiger charge is -2.36. The van der Waals surface area contributed by atoms with Crippen molar-refractivity contribution in [2.24, 2.45) is 0 Å². The summed E-state index contributed by atoms with van der Waals surface area (Å²) in [5, 5.41) is 7.23. The largest absolute Gasteiger partial charge is 0.325 e. The van der Waals surface area contributed by atoms with E-state index < -0.39 is 0 Å². The highest BCUT2D eigenvalue weighted by atomic mass is 15.2. The van der Waals surface area contributed by atoms with Crippen molar-refractivity contribution in [1.82, 2.24) is 20.6 Å². The summed E-state index contributed by atoms with van der Waals surface area (Å²) in [4.78, 5) is 12.0. The molecule has 0 radical (unpaired) electrons. The smallest absolute Gasteiger partial charge is 0.140 e. The summed E-state index contributed by atoms with van der Waals surface area (Å²) in [7, 11) is 0. The van der Waals surface area contributed by atoms with Crippen LogP contribution in [0.15, 0.2) is 24.5 Å². The van der Waals surface area contributed by atoms with Crippen molar-refractivity contribution in [3.05, 3.63) is 46.9 Å². The van der Waals surface area contributed by atoms with Gasteiger partial charge in [0.15, 0.2) is 0 Å². The van der Waals surface area contributed by atoms with E-state index in [-0.39, 0.29) is 5.41 Å². The number of aryl methyl sites for hydroxylation is 1. The van der Waals surface area contributed by atoms with Gasteiger partial charge in [0.2, 0.25) is 0 Å². The van der Waals surface area contributed by atoms with E-state index in [1.165, 1.54) is 48.2 Å². The second-order valence-electron chi connectivity index (χ2n) is 9.10. The molecule has 0 saturated carbocycles. The Kier molecular flexibility index (Phi) is 5.04. The number of anilines is 2. The van der Waals surface area contributed by atoms with E-state index in [2.05, 4.69) is 52.6 Å². The van der Waals surface area contributed by atoms with E-state index in [9.17, 15) is 0 Å². The number of hydrogen-bond donors (Lipinski definition) is 2. The fourth-order valence-electron chi connectivity index (χ4n) is 5.78. The van der Waals surface area contributed by atoms with Gasteiger partial charge in [-0.05, 0) is 74.8 Å². The zero-order valence-corrected chi connectivity index (χ0v) is 17.8. The van der Waals surface area contributed by atoms with E-state index in [4.69, 9.17) is 4.98 Å². The first-order chi connectivity index (χ1) is 14.2. The van der Waals surface area contributed by atoms with Crippen molar-refractivity contribution in [1.29, 1.82) is 0 Å². The van der Waals surface area contributed by atoms with Crippen LogP contribution in [0.2, 0.25) is 0 Å². The van der Waals surface area contributed by atoms with Gasteiger partial charge in [-0.15, -0.1) is 0 Å². The van der Waals surface area contributed by atoms with Crippen LogP contribution in [-0.4, -0.2) is 36.1 Å². The lowest BCUT2D eigenvalue weighted by atomic mass is 9.73. The Hall–Kier alpha value is -1.98. The zero-order chi connectivity index (χ0) is 19.8. The zero-order valence-electron chi connectivity index (χ0n) is 17.8. The lowest BCUT2D eigenvalue weighted by Crippen LogP contribution is -2.43. The molecule has 0 unspecified atom stereocenters. The Labute approximate surface area is 174 Å². The minimum atomic E-state index is 0.227. The van der Waals surface area contributed by atoms with Gasteiger partial charge in [-0.25, -0.2) is 9.97 Å². The van der Waals surface area contributed by atoms with Gasteiger partial charge in [0.25, 0.3) is 0 Å². The lowest BCUT2D eigenvalue weighted by molar-refractivity contribution is 0.327. The summed E-state index contributed by atoms with van der Waals surface area (Å²) < 4.78 is 0. The van der Waals surface area contributed by atoms with Crippen LogP contribution in [0.1, 0.15) is 67.8 Å². The summed E-state index contributed by atoms with van der Waals surface area (Å²) in [6, 6.07) is 6.89. The number of nitrogens with one attached hydrogen (secondary N) is 2. The maximum atomic E-state index is 4.85. The van der Waals surface area contributed by atoms with Gasteiger partial charge in [0.05, 0.1) is 0 Å².